The van der Waals surface area contributed by atoms with Crippen LogP contribution in [0.2, 0.25) is 0 Å². The van der Waals surface area contributed by atoms with Gasteiger partial charge in [0.25, 0.3) is 0 Å². The van der Waals surface area contributed by atoms with E-state index in [0.29, 0.717) is 31.3 Å². The Kier molecular flexibility index (Phi) is 10.6. The van der Waals surface area contributed by atoms with Gasteiger partial charge in [-0.3, -0.25) is 4.79 Å². The lowest BCUT2D eigenvalue weighted by Crippen LogP contribution is -2.35. The minimum absolute atomic E-state index is 0.232. The molecule has 0 aromatic heterocycles. The van der Waals surface area contributed by atoms with Crippen molar-refractivity contribution in [2.75, 3.05) is 31.3 Å². The van der Waals surface area contributed by atoms with Crippen LogP contribution in [0, 0.1) is 0 Å². The van der Waals surface area contributed by atoms with Crippen molar-refractivity contribution >= 4 is 17.7 Å². The predicted molar refractivity (Wildman–Crippen MR) is 69.0 cm³/mol. The molecular weight excluding hydrogens is 242 g/mol. The molecule has 0 spiro atoms. The molecular formula is C11H23NO4S. The zero-order valence-electron chi connectivity index (χ0n) is 10.8. The molecule has 0 rings (SSSR count). The maximum Gasteiger partial charge on any atom is 0.323 e. The van der Waals surface area contributed by atoms with Crippen LogP contribution in [-0.4, -0.2) is 49.6 Å². The van der Waals surface area contributed by atoms with Crippen LogP contribution in [0.5, 0.6) is 0 Å². The van der Waals surface area contributed by atoms with E-state index >= 15 is 0 Å². The van der Waals surface area contributed by atoms with Crippen molar-refractivity contribution < 1.29 is 19.0 Å². The summed E-state index contributed by atoms with van der Waals surface area (Å²) in [5, 5.41) is 0. The number of nitrogens with two attached hydrogens (primary N) is 1. The Hall–Kier alpha value is -0.300. The minimum Gasteiger partial charge on any atom is -0.465 e. The van der Waals surface area contributed by atoms with Crippen LogP contribution in [0.1, 0.15) is 20.8 Å². The Morgan fingerprint density at radius 2 is 1.71 bits per heavy atom. The predicted octanol–water partition coefficient (Wildman–Crippen LogP) is 1.01. The minimum atomic E-state index is -0.580. The molecule has 6 heteroatoms. The maximum absolute atomic E-state index is 11.2. The van der Waals surface area contributed by atoms with Crippen LogP contribution < -0.4 is 5.73 Å². The van der Waals surface area contributed by atoms with Crippen LogP contribution in [-0.2, 0) is 19.0 Å². The molecule has 102 valence electrons. The Morgan fingerprint density at radius 1 is 1.12 bits per heavy atom. The van der Waals surface area contributed by atoms with E-state index in [-0.39, 0.29) is 12.3 Å². The zero-order chi connectivity index (χ0) is 13.1. The van der Waals surface area contributed by atoms with Gasteiger partial charge in [0, 0.05) is 24.7 Å². The van der Waals surface area contributed by atoms with Crippen LogP contribution in [0.15, 0.2) is 0 Å². The number of esters is 1. The summed E-state index contributed by atoms with van der Waals surface area (Å²) in [7, 11) is 0. The summed E-state index contributed by atoms with van der Waals surface area (Å²) >= 11 is 1.53. The van der Waals surface area contributed by atoms with Gasteiger partial charge in [-0.1, -0.05) is 0 Å². The quantitative estimate of drug-likeness (QED) is 0.469. The van der Waals surface area contributed by atoms with E-state index in [4.69, 9.17) is 19.9 Å². The highest BCUT2D eigenvalue weighted by atomic mass is 32.2. The fourth-order valence-corrected chi connectivity index (χ4v) is 2.04. The van der Waals surface area contributed by atoms with Gasteiger partial charge in [0.1, 0.15) is 6.04 Å². The van der Waals surface area contributed by atoms with Crippen LogP contribution in [0.4, 0.5) is 0 Å². The Balaban J connectivity index is 3.74. The third-order valence-electron chi connectivity index (χ3n) is 1.85. The van der Waals surface area contributed by atoms with E-state index in [1.807, 2.05) is 13.8 Å². The first-order chi connectivity index (χ1) is 8.15. The number of carbonyl (C=O) groups is 1. The molecule has 0 aromatic rings. The van der Waals surface area contributed by atoms with Gasteiger partial charge < -0.3 is 19.9 Å². The molecule has 0 aliphatic heterocycles. The van der Waals surface area contributed by atoms with E-state index in [2.05, 4.69) is 0 Å². The van der Waals surface area contributed by atoms with E-state index in [1.165, 1.54) is 11.8 Å². The molecule has 0 unspecified atom stereocenters. The standard InChI is InChI=1S/C11H23NO4S/c1-4-14-10(15-5-2)8-17-7-9(12)11(13)16-6-3/h9-10H,4-8,12H2,1-3H3/t9-/m0/s1. The van der Waals surface area contributed by atoms with Crippen molar-refractivity contribution in [1.29, 1.82) is 0 Å². The molecule has 0 fully saturated rings. The molecule has 0 aliphatic rings. The van der Waals surface area contributed by atoms with Gasteiger partial charge in [0.05, 0.1) is 6.61 Å². The monoisotopic (exact) mass is 265 g/mol. The van der Waals surface area contributed by atoms with E-state index in [1.54, 1.807) is 6.92 Å². The maximum atomic E-state index is 11.2. The van der Waals surface area contributed by atoms with E-state index in [9.17, 15) is 4.79 Å². The number of ether oxygens (including phenoxy) is 3. The molecule has 0 aromatic carbocycles. The van der Waals surface area contributed by atoms with Gasteiger partial charge >= 0.3 is 5.97 Å². The topological polar surface area (TPSA) is 70.8 Å². The Morgan fingerprint density at radius 3 is 2.18 bits per heavy atom. The van der Waals surface area contributed by atoms with Gasteiger partial charge in [-0.05, 0) is 20.8 Å². The first-order valence-corrected chi connectivity index (χ1v) is 7.04. The van der Waals surface area contributed by atoms with Crippen molar-refractivity contribution in [1.82, 2.24) is 0 Å². The number of carbonyl (C=O) groups excluding carboxylic acids is 1. The SMILES string of the molecule is CCOC(=O)[C@@H](N)CSCC(OCC)OCC. The first-order valence-electron chi connectivity index (χ1n) is 5.88. The summed E-state index contributed by atoms with van der Waals surface area (Å²) in [6.45, 7) is 7.17. The largest absolute Gasteiger partial charge is 0.465 e. The summed E-state index contributed by atoms with van der Waals surface area (Å²) in [6, 6.07) is -0.580. The molecule has 0 saturated carbocycles. The molecule has 0 radical (unpaired) electrons. The highest BCUT2D eigenvalue weighted by Crippen LogP contribution is 2.09. The fourth-order valence-electron chi connectivity index (χ4n) is 1.12. The van der Waals surface area contributed by atoms with Gasteiger partial charge in [-0.2, -0.15) is 11.8 Å². The number of thioether (sulfide) groups is 1. The van der Waals surface area contributed by atoms with Crippen molar-refractivity contribution in [3.8, 4) is 0 Å². The lowest BCUT2D eigenvalue weighted by atomic mass is 10.4. The third-order valence-corrected chi connectivity index (χ3v) is 2.95. The molecule has 0 heterocycles. The highest BCUT2D eigenvalue weighted by Gasteiger charge is 2.16. The molecule has 17 heavy (non-hydrogen) atoms. The fraction of sp³-hybridized carbons (Fsp3) is 0.909. The average Bonchev–Trinajstić information content (AvgIpc) is 2.29. The molecule has 0 saturated heterocycles. The second-order valence-electron chi connectivity index (χ2n) is 3.24. The second-order valence-corrected chi connectivity index (χ2v) is 4.31. The smallest absolute Gasteiger partial charge is 0.323 e. The number of hydrogen-bond acceptors (Lipinski definition) is 6. The van der Waals surface area contributed by atoms with Gasteiger partial charge in [-0.25, -0.2) is 0 Å². The Labute approximate surface area is 107 Å². The summed E-state index contributed by atoms with van der Waals surface area (Å²) in [5.41, 5.74) is 5.66. The normalized spacial score (nSPS) is 12.8. The van der Waals surface area contributed by atoms with Crippen molar-refractivity contribution in [3.05, 3.63) is 0 Å². The lowest BCUT2D eigenvalue weighted by molar-refractivity contribution is -0.144. The molecule has 0 amide bonds. The summed E-state index contributed by atoms with van der Waals surface area (Å²) in [5.74, 6) is 0.814. The van der Waals surface area contributed by atoms with Crippen molar-refractivity contribution in [2.24, 2.45) is 5.73 Å². The van der Waals surface area contributed by atoms with Gasteiger partial charge in [0.15, 0.2) is 6.29 Å². The van der Waals surface area contributed by atoms with Gasteiger partial charge in [0.2, 0.25) is 0 Å². The summed E-state index contributed by atoms with van der Waals surface area (Å²) in [6.07, 6.45) is -0.232. The third kappa shape index (κ3) is 8.43. The van der Waals surface area contributed by atoms with Crippen LogP contribution in [0.3, 0.4) is 0 Å². The average molecular weight is 265 g/mol. The first kappa shape index (κ1) is 16.7. The van der Waals surface area contributed by atoms with Gasteiger partial charge in [-0.15, -0.1) is 0 Å². The molecule has 0 aliphatic carbocycles. The highest BCUT2D eigenvalue weighted by molar-refractivity contribution is 7.99. The van der Waals surface area contributed by atoms with Crippen LogP contribution >= 0.6 is 11.8 Å². The van der Waals surface area contributed by atoms with Crippen LogP contribution in [0.25, 0.3) is 0 Å². The number of rotatable bonds is 10. The molecule has 5 nitrogen and oxygen atoms in total. The summed E-state index contributed by atoms with van der Waals surface area (Å²) in [4.78, 5) is 11.2. The van der Waals surface area contributed by atoms with E-state index < -0.39 is 6.04 Å². The second kappa shape index (κ2) is 10.8. The molecule has 2 N–H and O–H groups in total. The van der Waals surface area contributed by atoms with E-state index in [0.717, 1.165) is 0 Å². The lowest BCUT2D eigenvalue weighted by Gasteiger charge is -2.17. The number of hydrogen-bond donors (Lipinski definition) is 1. The van der Waals surface area contributed by atoms with Crippen molar-refractivity contribution in [3.63, 3.8) is 0 Å². The Bertz CT molecular complexity index is 198. The van der Waals surface area contributed by atoms with Crippen molar-refractivity contribution in [2.45, 2.75) is 33.1 Å². The molecule has 0 bridgehead atoms. The molecule has 1 atom stereocenters. The summed E-state index contributed by atoms with van der Waals surface area (Å²) < 4.78 is 15.6. The zero-order valence-corrected chi connectivity index (χ0v) is 11.6.